The summed E-state index contributed by atoms with van der Waals surface area (Å²) in [6.07, 6.45) is 3.93. The van der Waals surface area contributed by atoms with E-state index >= 15 is 0 Å². The molecule has 1 aliphatic heterocycles. The second-order valence-corrected chi connectivity index (χ2v) is 8.47. The minimum atomic E-state index is 0.0193. The average molecular weight is 438 g/mol. The van der Waals surface area contributed by atoms with Crippen LogP contribution in [-0.2, 0) is 0 Å². The topological polar surface area (TPSA) is 76.6 Å². The maximum Gasteiger partial charge on any atom is 0.257 e. The molecule has 31 heavy (non-hydrogen) atoms. The molecule has 0 aliphatic carbocycles. The van der Waals surface area contributed by atoms with Gasteiger partial charge in [-0.3, -0.25) is 4.79 Å². The number of furan rings is 1. The monoisotopic (exact) mass is 437 g/mol. The molecule has 1 saturated heterocycles. The molecule has 1 fully saturated rings. The van der Waals surface area contributed by atoms with Gasteiger partial charge in [0.05, 0.1) is 35.0 Å². The van der Waals surface area contributed by atoms with E-state index in [4.69, 9.17) is 14.1 Å². The van der Waals surface area contributed by atoms with E-state index in [1.54, 1.807) is 24.5 Å². The second-order valence-electron chi connectivity index (χ2n) is 7.49. The lowest BCUT2D eigenvalue weighted by Gasteiger charge is -2.21. The molecular weight excluding hydrogens is 414 g/mol. The largest absolute Gasteiger partial charge is 0.497 e. The summed E-state index contributed by atoms with van der Waals surface area (Å²) < 4.78 is 13.3. The van der Waals surface area contributed by atoms with E-state index in [-0.39, 0.29) is 5.91 Å². The summed E-state index contributed by atoms with van der Waals surface area (Å²) in [5.41, 5.74) is 3.37. The highest BCUT2D eigenvalue weighted by molar-refractivity contribution is 7.22. The fourth-order valence-corrected chi connectivity index (χ4v) is 4.88. The van der Waals surface area contributed by atoms with E-state index in [0.29, 0.717) is 12.1 Å². The summed E-state index contributed by atoms with van der Waals surface area (Å²) in [5.74, 6) is 0.827. The second kappa shape index (κ2) is 8.07. The third kappa shape index (κ3) is 3.65. The first kappa shape index (κ1) is 19.6. The number of nitrogens with zero attached hydrogens (tertiary/aromatic N) is 5. The highest BCUT2D eigenvalue weighted by Crippen LogP contribution is 2.33. The lowest BCUT2D eigenvalue weighted by molar-refractivity contribution is 0.0766. The van der Waals surface area contributed by atoms with E-state index in [0.717, 1.165) is 58.7 Å². The van der Waals surface area contributed by atoms with E-state index in [1.165, 1.54) is 12.5 Å². The molecule has 0 unspecified atom stereocenters. The predicted octanol–water partition coefficient (Wildman–Crippen LogP) is 3.74. The molecule has 4 heterocycles. The van der Waals surface area contributed by atoms with Gasteiger partial charge in [0.2, 0.25) is 0 Å². The molecule has 0 spiro atoms. The Morgan fingerprint density at radius 3 is 2.71 bits per heavy atom. The number of methoxy groups -OCH3 is 1. The van der Waals surface area contributed by atoms with Crippen molar-refractivity contribution in [3.05, 3.63) is 54.1 Å². The van der Waals surface area contributed by atoms with Crippen LogP contribution < -0.4 is 9.64 Å². The van der Waals surface area contributed by atoms with Gasteiger partial charge in [-0.2, -0.15) is 10.1 Å². The number of thiazole rings is 1. The number of hydrogen-bond donors (Lipinski definition) is 0. The van der Waals surface area contributed by atoms with Crippen LogP contribution in [0.2, 0.25) is 0 Å². The van der Waals surface area contributed by atoms with Gasteiger partial charge in [-0.1, -0.05) is 11.3 Å². The number of carbonyl (C=O) groups is 1. The van der Waals surface area contributed by atoms with Gasteiger partial charge in [0, 0.05) is 26.2 Å². The Bertz CT molecular complexity index is 1200. The molecule has 0 N–H and O–H groups in total. The minimum absolute atomic E-state index is 0.0193. The quantitative estimate of drug-likeness (QED) is 0.484. The molecule has 0 saturated carbocycles. The molecule has 8 nitrogen and oxygen atoms in total. The number of benzene rings is 1. The highest BCUT2D eigenvalue weighted by Gasteiger charge is 2.24. The van der Waals surface area contributed by atoms with Crippen LogP contribution in [0.4, 0.5) is 5.13 Å². The number of amides is 1. The van der Waals surface area contributed by atoms with Gasteiger partial charge in [0.1, 0.15) is 12.0 Å². The van der Waals surface area contributed by atoms with Crippen LogP contribution in [0, 0.1) is 6.92 Å². The molecule has 4 aromatic rings. The third-order valence-corrected chi connectivity index (χ3v) is 6.73. The number of aromatic nitrogens is 3. The Labute approximate surface area is 183 Å². The van der Waals surface area contributed by atoms with E-state index in [1.807, 2.05) is 40.8 Å². The summed E-state index contributed by atoms with van der Waals surface area (Å²) in [4.78, 5) is 21.8. The van der Waals surface area contributed by atoms with Gasteiger partial charge >= 0.3 is 0 Å². The third-order valence-electron chi connectivity index (χ3n) is 5.52. The van der Waals surface area contributed by atoms with Crippen molar-refractivity contribution in [2.24, 2.45) is 0 Å². The average Bonchev–Trinajstić information content (AvgIpc) is 3.49. The number of rotatable bonds is 4. The van der Waals surface area contributed by atoms with Crippen molar-refractivity contribution >= 4 is 32.7 Å². The summed E-state index contributed by atoms with van der Waals surface area (Å²) in [6.45, 7) is 5.00. The van der Waals surface area contributed by atoms with Gasteiger partial charge in [0.25, 0.3) is 5.91 Å². The Hall–Kier alpha value is -3.33. The Morgan fingerprint density at radius 2 is 1.97 bits per heavy atom. The number of carbonyl (C=O) groups excluding carboxylic acids is 1. The zero-order valence-corrected chi connectivity index (χ0v) is 18.3. The van der Waals surface area contributed by atoms with Crippen molar-refractivity contribution in [3.8, 4) is 11.4 Å². The molecule has 160 valence electrons. The van der Waals surface area contributed by atoms with Gasteiger partial charge < -0.3 is 19.0 Å². The van der Waals surface area contributed by atoms with Crippen molar-refractivity contribution in [3.63, 3.8) is 0 Å². The smallest absolute Gasteiger partial charge is 0.257 e. The minimum Gasteiger partial charge on any atom is -0.497 e. The van der Waals surface area contributed by atoms with Crippen LogP contribution in [0.3, 0.4) is 0 Å². The van der Waals surface area contributed by atoms with Crippen molar-refractivity contribution in [2.75, 3.05) is 38.2 Å². The lowest BCUT2D eigenvalue weighted by atomic mass is 10.3. The zero-order valence-electron chi connectivity index (χ0n) is 17.4. The van der Waals surface area contributed by atoms with Crippen molar-refractivity contribution in [1.82, 2.24) is 19.7 Å². The summed E-state index contributed by atoms with van der Waals surface area (Å²) in [7, 11) is 1.66. The molecule has 5 rings (SSSR count). The Kier molecular flexibility index (Phi) is 5.11. The van der Waals surface area contributed by atoms with Crippen LogP contribution >= 0.6 is 11.3 Å². The highest BCUT2D eigenvalue weighted by atomic mass is 32.1. The van der Waals surface area contributed by atoms with Crippen LogP contribution in [-0.4, -0.2) is 58.9 Å². The maximum atomic E-state index is 12.7. The lowest BCUT2D eigenvalue weighted by Crippen LogP contribution is -2.35. The number of fused-ring (bicyclic) bond motifs is 1. The molecule has 1 amide bonds. The van der Waals surface area contributed by atoms with Gasteiger partial charge in [-0.05, 0) is 43.7 Å². The molecule has 1 aliphatic rings. The van der Waals surface area contributed by atoms with Crippen LogP contribution in [0.5, 0.6) is 5.75 Å². The summed E-state index contributed by atoms with van der Waals surface area (Å²) >= 11 is 1.66. The van der Waals surface area contributed by atoms with Crippen LogP contribution in [0.25, 0.3) is 16.0 Å². The fourth-order valence-electron chi connectivity index (χ4n) is 3.84. The van der Waals surface area contributed by atoms with Gasteiger partial charge in [-0.15, -0.1) is 0 Å². The van der Waals surface area contributed by atoms with Crippen molar-refractivity contribution < 1.29 is 13.9 Å². The van der Waals surface area contributed by atoms with Crippen LogP contribution in [0.15, 0.2) is 47.3 Å². The molecular formula is C22H23N5O3S. The maximum absolute atomic E-state index is 12.7. The standard InChI is InChI=1S/C22H23N5O3S/c1-15-19-20(27(24-15)17-4-6-18(29-2)7-5-17)23-22(31-19)26-10-3-9-25(11-12-26)21(28)16-8-13-30-14-16/h4-8,13-14H,3,9-12H2,1-2H3. The Morgan fingerprint density at radius 1 is 1.13 bits per heavy atom. The van der Waals surface area contributed by atoms with E-state index in [9.17, 15) is 4.79 Å². The molecule has 3 aromatic heterocycles. The number of anilines is 1. The number of aryl methyl sites for hydroxylation is 1. The number of hydrogen-bond acceptors (Lipinski definition) is 7. The van der Waals surface area contributed by atoms with Crippen molar-refractivity contribution in [1.29, 1.82) is 0 Å². The van der Waals surface area contributed by atoms with Gasteiger partial charge in [-0.25, -0.2) is 4.68 Å². The Balaban J connectivity index is 1.38. The predicted molar refractivity (Wildman–Crippen MR) is 119 cm³/mol. The molecule has 0 bridgehead atoms. The first-order valence-electron chi connectivity index (χ1n) is 10.2. The summed E-state index contributed by atoms with van der Waals surface area (Å²) in [6, 6.07) is 9.52. The van der Waals surface area contributed by atoms with Gasteiger partial charge in [0.15, 0.2) is 10.8 Å². The molecule has 1 aromatic carbocycles. The normalized spacial score (nSPS) is 14.8. The first-order chi connectivity index (χ1) is 15.1. The molecule has 0 atom stereocenters. The van der Waals surface area contributed by atoms with Crippen molar-refractivity contribution in [2.45, 2.75) is 13.3 Å². The zero-order chi connectivity index (χ0) is 21.4. The molecule has 0 radical (unpaired) electrons. The molecule has 9 heteroatoms. The van der Waals surface area contributed by atoms with E-state index < -0.39 is 0 Å². The van der Waals surface area contributed by atoms with E-state index in [2.05, 4.69) is 10.00 Å². The van der Waals surface area contributed by atoms with Crippen LogP contribution in [0.1, 0.15) is 22.5 Å². The summed E-state index contributed by atoms with van der Waals surface area (Å²) in [5, 5.41) is 5.66. The fraction of sp³-hybridized carbons (Fsp3) is 0.318. The number of ether oxygens (including phenoxy) is 1. The first-order valence-corrected chi connectivity index (χ1v) is 11.0. The SMILES string of the molecule is COc1ccc(-n2nc(C)c3sc(N4CCCN(C(=O)c5ccoc5)CC4)nc32)cc1.